The Balaban J connectivity index is 2.23. The number of rotatable bonds is 5. The van der Waals surface area contributed by atoms with Gasteiger partial charge in [-0.1, -0.05) is 20.8 Å². The number of benzene rings is 1. The zero-order valence-electron chi connectivity index (χ0n) is 17.0. The van der Waals surface area contributed by atoms with E-state index in [0.717, 1.165) is 6.42 Å². The highest BCUT2D eigenvalue weighted by atomic mass is 16.5. The molecule has 0 saturated carbocycles. The third kappa shape index (κ3) is 4.74. The van der Waals surface area contributed by atoms with E-state index in [1.54, 1.807) is 4.90 Å². The van der Waals surface area contributed by atoms with Crippen LogP contribution < -0.4 is 14.8 Å². The number of likely N-dealkylation sites (tertiary alicyclic amines) is 1. The summed E-state index contributed by atoms with van der Waals surface area (Å²) in [7, 11) is 2.81. The second kappa shape index (κ2) is 8.50. The summed E-state index contributed by atoms with van der Waals surface area (Å²) < 4.78 is 10.5. The molecule has 1 aliphatic rings. The molecule has 8 heteroatoms. The summed E-state index contributed by atoms with van der Waals surface area (Å²) in [6, 6.07) is 2.67. The second-order valence-corrected chi connectivity index (χ2v) is 7.89. The molecular formula is C20H28N2O6. The molecular weight excluding hydrogens is 364 g/mol. The molecule has 1 aliphatic heterocycles. The molecule has 1 aromatic rings. The molecule has 154 valence electrons. The van der Waals surface area contributed by atoms with E-state index in [0.29, 0.717) is 19.5 Å². The molecule has 1 heterocycles. The van der Waals surface area contributed by atoms with Crippen LogP contribution in [0.1, 0.15) is 44.0 Å². The van der Waals surface area contributed by atoms with Gasteiger partial charge in [-0.15, -0.1) is 0 Å². The number of nitrogens with one attached hydrogen (secondary N) is 1. The monoisotopic (exact) mass is 392 g/mol. The molecule has 1 aromatic carbocycles. The quantitative estimate of drug-likeness (QED) is 0.798. The van der Waals surface area contributed by atoms with Crippen molar-refractivity contribution in [3.63, 3.8) is 0 Å². The van der Waals surface area contributed by atoms with Crippen molar-refractivity contribution >= 4 is 23.5 Å². The number of amides is 2. The lowest BCUT2D eigenvalue weighted by molar-refractivity contribution is -0.142. The van der Waals surface area contributed by atoms with Crippen LogP contribution >= 0.6 is 0 Å². The Hall–Kier alpha value is -2.77. The lowest BCUT2D eigenvalue weighted by Crippen LogP contribution is -2.47. The van der Waals surface area contributed by atoms with Crippen LogP contribution in [0, 0.1) is 11.3 Å². The molecule has 28 heavy (non-hydrogen) atoms. The molecule has 0 radical (unpaired) electrons. The van der Waals surface area contributed by atoms with Crippen LogP contribution in [-0.4, -0.2) is 55.1 Å². The van der Waals surface area contributed by atoms with E-state index >= 15 is 0 Å². The van der Waals surface area contributed by atoms with Crippen LogP contribution in [0.15, 0.2) is 12.1 Å². The van der Waals surface area contributed by atoms with Gasteiger partial charge in [0.2, 0.25) is 11.8 Å². The number of carboxylic acids is 1. The average molecular weight is 392 g/mol. The van der Waals surface area contributed by atoms with Crippen molar-refractivity contribution in [2.45, 2.75) is 33.6 Å². The van der Waals surface area contributed by atoms with Gasteiger partial charge in [-0.05, 0) is 25.0 Å². The zero-order chi connectivity index (χ0) is 21.1. The van der Waals surface area contributed by atoms with Crippen LogP contribution in [0.3, 0.4) is 0 Å². The number of methoxy groups -OCH3 is 2. The van der Waals surface area contributed by atoms with Crippen molar-refractivity contribution in [3.05, 3.63) is 17.7 Å². The summed E-state index contributed by atoms with van der Waals surface area (Å²) in [5, 5.41) is 12.0. The Morgan fingerprint density at radius 3 is 2.39 bits per heavy atom. The van der Waals surface area contributed by atoms with Gasteiger partial charge < -0.3 is 24.8 Å². The van der Waals surface area contributed by atoms with Gasteiger partial charge >= 0.3 is 5.97 Å². The van der Waals surface area contributed by atoms with Crippen molar-refractivity contribution in [1.82, 2.24) is 4.90 Å². The van der Waals surface area contributed by atoms with Gasteiger partial charge in [-0.2, -0.15) is 0 Å². The average Bonchev–Trinajstić information content (AvgIpc) is 2.65. The molecule has 0 aromatic heterocycles. The van der Waals surface area contributed by atoms with Gasteiger partial charge in [0.05, 0.1) is 31.4 Å². The number of carbonyl (C=O) groups is 3. The summed E-state index contributed by atoms with van der Waals surface area (Å²) in [5.41, 5.74) is -0.310. The number of carbonyl (C=O) groups excluding carboxylic acids is 2. The number of hydrogen-bond acceptors (Lipinski definition) is 5. The fourth-order valence-corrected chi connectivity index (χ4v) is 3.27. The van der Waals surface area contributed by atoms with Crippen molar-refractivity contribution in [3.8, 4) is 11.5 Å². The number of piperidine rings is 1. The van der Waals surface area contributed by atoms with Crippen LogP contribution in [0.25, 0.3) is 0 Å². The molecule has 0 spiro atoms. The topological polar surface area (TPSA) is 105 Å². The predicted molar refractivity (Wildman–Crippen MR) is 104 cm³/mol. The maximum atomic E-state index is 12.8. The predicted octanol–water partition coefficient (Wildman–Crippen LogP) is 2.63. The van der Waals surface area contributed by atoms with E-state index in [4.69, 9.17) is 9.47 Å². The third-order valence-electron chi connectivity index (χ3n) is 4.70. The zero-order valence-corrected chi connectivity index (χ0v) is 17.0. The highest BCUT2D eigenvalue weighted by Gasteiger charge is 2.33. The van der Waals surface area contributed by atoms with Crippen molar-refractivity contribution in [1.29, 1.82) is 0 Å². The van der Waals surface area contributed by atoms with Gasteiger partial charge in [0.15, 0.2) is 11.5 Å². The Morgan fingerprint density at radius 1 is 1.18 bits per heavy atom. The Bertz CT molecular complexity index is 769. The number of hydrogen-bond donors (Lipinski definition) is 2. The molecule has 2 rings (SSSR count). The summed E-state index contributed by atoms with van der Waals surface area (Å²) in [4.78, 5) is 38.5. The first-order chi connectivity index (χ1) is 13.1. The maximum Gasteiger partial charge on any atom is 0.335 e. The SMILES string of the molecule is COc1cc(C(=O)O)cc(NC(=O)C2CCCN(C(=O)C(C)(C)C)C2)c1OC. The first-order valence-electron chi connectivity index (χ1n) is 9.18. The number of carboxylic acid groups (broad SMARTS) is 1. The van der Waals surface area contributed by atoms with Crippen molar-refractivity contribution < 1.29 is 29.0 Å². The van der Waals surface area contributed by atoms with Crippen molar-refractivity contribution in [2.24, 2.45) is 11.3 Å². The normalized spacial score (nSPS) is 17.0. The lowest BCUT2D eigenvalue weighted by atomic mass is 9.91. The molecule has 1 fully saturated rings. The van der Waals surface area contributed by atoms with E-state index in [1.165, 1.54) is 26.4 Å². The highest BCUT2D eigenvalue weighted by Crippen LogP contribution is 2.37. The van der Waals surface area contributed by atoms with Crippen LogP contribution in [0.5, 0.6) is 11.5 Å². The van der Waals surface area contributed by atoms with Gasteiger partial charge in [0.1, 0.15) is 0 Å². The second-order valence-electron chi connectivity index (χ2n) is 7.89. The number of ether oxygens (including phenoxy) is 2. The lowest BCUT2D eigenvalue weighted by Gasteiger charge is -2.36. The van der Waals surface area contributed by atoms with Gasteiger partial charge in [0.25, 0.3) is 0 Å². The molecule has 8 nitrogen and oxygen atoms in total. The molecule has 2 amide bonds. The Morgan fingerprint density at radius 2 is 1.86 bits per heavy atom. The fraction of sp³-hybridized carbons (Fsp3) is 0.550. The largest absolute Gasteiger partial charge is 0.493 e. The first kappa shape index (κ1) is 21.5. The van der Waals surface area contributed by atoms with E-state index in [2.05, 4.69) is 5.32 Å². The summed E-state index contributed by atoms with van der Waals surface area (Å²) in [6.45, 7) is 6.53. The Kier molecular flexibility index (Phi) is 6.53. The smallest absolute Gasteiger partial charge is 0.335 e. The molecule has 1 atom stereocenters. The molecule has 2 N–H and O–H groups in total. The standard InChI is InChI=1S/C20H28N2O6/c1-20(2,3)19(26)22-8-6-7-12(11-22)17(23)21-14-9-13(18(24)25)10-15(27-4)16(14)28-5/h9-10,12H,6-8,11H2,1-5H3,(H,21,23)(H,24,25). The first-order valence-corrected chi connectivity index (χ1v) is 9.18. The van der Waals surface area contributed by atoms with Gasteiger partial charge in [0, 0.05) is 18.5 Å². The maximum absolute atomic E-state index is 12.8. The van der Waals surface area contributed by atoms with E-state index in [9.17, 15) is 19.5 Å². The number of aromatic carboxylic acids is 1. The number of nitrogens with zero attached hydrogens (tertiary/aromatic N) is 1. The minimum Gasteiger partial charge on any atom is -0.493 e. The minimum absolute atomic E-state index is 0.0112. The van der Waals surface area contributed by atoms with E-state index in [1.807, 2.05) is 20.8 Å². The molecule has 1 saturated heterocycles. The van der Waals surface area contributed by atoms with E-state index in [-0.39, 0.29) is 40.5 Å². The fourth-order valence-electron chi connectivity index (χ4n) is 3.27. The van der Waals surface area contributed by atoms with Crippen LogP contribution in [0.2, 0.25) is 0 Å². The van der Waals surface area contributed by atoms with Gasteiger partial charge in [-0.3, -0.25) is 9.59 Å². The minimum atomic E-state index is -1.14. The molecule has 0 aliphatic carbocycles. The van der Waals surface area contributed by atoms with Crippen LogP contribution in [0.4, 0.5) is 5.69 Å². The summed E-state index contributed by atoms with van der Waals surface area (Å²) in [5.74, 6) is -1.34. The Labute approximate surface area is 164 Å². The molecule has 0 bridgehead atoms. The summed E-state index contributed by atoms with van der Waals surface area (Å²) >= 11 is 0. The van der Waals surface area contributed by atoms with Gasteiger partial charge in [-0.25, -0.2) is 4.79 Å². The number of anilines is 1. The van der Waals surface area contributed by atoms with E-state index < -0.39 is 11.4 Å². The van der Waals surface area contributed by atoms with Crippen LogP contribution in [-0.2, 0) is 9.59 Å². The summed E-state index contributed by atoms with van der Waals surface area (Å²) in [6.07, 6.45) is 1.38. The highest BCUT2D eigenvalue weighted by molar-refractivity contribution is 5.98. The third-order valence-corrected chi connectivity index (χ3v) is 4.70. The molecule has 1 unspecified atom stereocenters. The van der Waals surface area contributed by atoms with Crippen molar-refractivity contribution in [2.75, 3.05) is 32.6 Å².